The third-order valence-electron chi connectivity index (χ3n) is 7.73. The van der Waals surface area contributed by atoms with E-state index < -0.39 is 0 Å². The average Bonchev–Trinajstić information content (AvgIpc) is 3.34. The molecular weight excluding hydrogens is 472 g/mol. The van der Waals surface area contributed by atoms with E-state index in [4.69, 9.17) is 4.98 Å². The minimum absolute atomic E-state index is 0.962. The zero-order valence-corrected chi connectivity index (χ0v) is 21.3. The fourth-order valence-electron chi connectivity index (χ4n) is 5.91. The van der Waals surface area contributed by atoms with Crippen LogP contribution in [0.1, 0.15) is 0 Å². The molecule has 2 heterocycles. The predicted octanol–water partition coefficient (Wildman–Crippen LogP) is 9.82. The normalized spacial score (nSPS) is 11.6. The molecule has 0 spiro atoms. The van der Waals surface area contributed by atoms with Gasteiger partial charge in [-0.3, -0.25) is 0 Å². The van der Waals surface area contributed by atoms with Crippen LogP contribution >= 0.6 is 0 Å². The highest BCUT2D eigenvalue weighted by atomic mass is 15.0. The van der Waals surface area contributed by atoms with Gasteiger partial charge in [0.05, 0.1) is 28.1 Å². The van der Waals surface area contributed by atoms with Gasteiger partial charge in [-0.1, -0.05) is 115 Å². The first-order valence-corrected chi connectivity index (χ1v) is 13.3. The fourth-order valence-corrected chi connectivity index (χ4v) is 5.91. The first-order chi connectivity index (χ1) is 19.3. The summed E-state index contributed by atoms with van der Waals surface area (Å²) in [5.74, 6) is 0. The molecule has 0 aliphatic carbocycles. The molecule has 2 aromatic heterocycles. The van der Waals surface area contributed by atoms with Crippen LogP contribution in [0, 0.1) is 0 Å². The molecule has 0 radical (unpaired) electrons. The second-order valence-electron chi connectivity index (χ2n) is 10.1. The van der Waals surface area contributed by atoms with E-state index in [0.717, 1.165) is 28.2 Å². The molecule has 0 aliphatic heterocycles. The maximum absolute atomic E-state index is 5.13. The molecule has 2 nitrogen and oxygen atoms in total. The van der Waals surface area contributed by atoms with Crippen molar-refractivity contribution in [2.45, 2.75) is 0 Å². The van der Waals surface area contributed by atoms with Crippen LogP contribution in [0.25, 0.3) is 71.6 Å². The van der Waals surface area contributed by atoms with Crippen LogP contribution in [0.2, 0.25) is 0 Å². The topological polar surface area (TPSA) is 17.8 Å². The lowest BCUT2D eigenvalue weighted by Gasteiger charge is -2.13. The van der Waals surface area contributed by atoms with Crippen LogP contribution < -0.4 is 0 Å². The molecule has 0 bridgehead atoms. The van der Waals surface area contributed by atoms with Crippen molar-refractivity contribution < 1.29 is 0 Å². The highest BCUT2D eigenvalue weighted by molar-refractivity contribution is 6.23. The zero-order valence-electron chi connectivity index (χ0n) is 21.3. The van der Waals surface area contributed by atoms with Crippen molar-refractivity contribution in [3.05, 3.63) is 146 Å². The molecule has 0 N–H and O–H groups in total. The summed E-state index contributed by atoms with van der Waals surface area (Å²) in [5.41, 5.74) is 7.63. The van der Waals surface area contributed by atoms with E-state index in [0.29, 0.717) is 0 Å². The summed E-state index contributed by atoms with van der Waals surface area (Å²) in [4.78, 5) is 5.13. The second kappa shape index (κ2) is 8.68. The van der Waals surface area contributed by atoms with Gasteiger partial charge in [0.1, 0.15) is 0 Å². The van der Waals surface area contributed by atoms with Crippen molar-refractivity contribution in [3.63, 3.8) is 0 Å². The Bertz CT molecular complexity index is 2100. The molecule has 182 valence electrons. The minimum atomic E-state index is 0.962. The van der Waals surface area contributed by atoms with Gasteiger partial charge in [-0.05, 0) is 51.9 Å². The second-order valence-corrected chi connectivity index (χ2v) is 10.1. The van der Waals surface area contributed by atoms with Gasteiger partial charge >= 0.3 is 0 Å². The lowest BCUT2D eigenvalue weighted by molar-refractivity contribution is 1.16. The Hall–Kier alpha value is -5.21. The third kappa shape index (κ3) is 3.53. The average molecular weight is 497 g/mol. The van der Waals surface area contributed by atoms with Crippen LogP contribution in [0.5, 0.6) is 0 Å². The molecule has 0 unspecified atom stereocenters. The van der Waals surface area contributed by atoms with Gasteiger partial charge in [-0.2, -0.15) is 0 Å². The molecule has 6 aromatic carbocycles. The van der Waals surface area contributed by atoms with Crippen LogP contribution in [-0.2, 0) is 0 Å². The van der Waals surface area contributed by atoms with E-state index in [-0.39, 0.29) is 0 Å². The van der Waals surface area contributed by atoms with Crippen molar-refractivity contribution in [2.75, 3.05) is 0 Å². The highest BCUT2D eigenvalue weighted by Crippen LogP contribution is 2.39. The standard InChI is InChI=1S/C37H24N2/c1-3-12-26(13-4-1)33-23-30(24-34(38-33)27-14-5-2-6-15-27)39-35-20-19-25-11-9-10-18-31(25)37(35)32-21-28-16-7-8-17-29(28)22-36(32)39/h1-24H. The number of benzene rings is 6. The maximum atomic E-state index is 5.13. The smallest absolute Gasteiger partial charge is 0.0730 e. The number of nitrogens with zero attached hydrogens (tertiary/aromatic N) is 2. The fraction of sp³-hybridized carbons (Fsp3) is 0. The summed E-state index contributed by atoms with van der Waals surface area (Å²) in [6, 6.07) is 51.9. The number of rotatable bonds is 3. The van der Waals surface area contributed by atoms with Gasteiger partial charge in [-0.15, -0.1) is 0 Å². The molecule has 0 amide bonds. The molecule has 0 aliphatic rings. The summed E-state index contributed by atoms with van der Waals surface area (Å²) in [5, 5.41) is 7.56. The number of pyridine rings is 1. The first-order valence-electron chi connectivity index (χ1n) is 13.3. The van der Waals surface area contributed by atoms with Crippen LogP contribution in [-0.4, -0.2) is 9.55 Å². The number of aromatic nitrogens is 2. The third-order valence-corrected chi connectivity index (χ3v) is 7.73. The van der Waals surface area contributed by atoms with E-state index in [9.17, 15) is 0 Å². The summed E-state index contributed by atoms with van der Waals surface area (Å²) >= 11 is 0. The van der Waals surface area contributed by atoms with Crippen molar-refractivity contribution in [2.24, 2.45) is 0 Å². The van der Waals surface area contributed by atoms with Gasteiger partial charge in [0, 0.05) is 21.9 Å². The summed E-state index contributed by atoms with van der Waals surface area (Å²) in [7, 11) is 0. The summed E-state index contributed by atoms with van der Waals surface area (Å²) < 4.78 is 2.42. The Kier molecular flexibility index (Phi) is 4.86. The highest BCUT2D eigenvalue weighted by Gasteiger charge is 2.17. The van der Waals surface area contributed by atoms with Crippen molar-refractivity contribution >= 4 is 43.4 Å². The zero-order chi connectivity index (χ0) is 25.8. The number of hydrogen-bond acceptors (Lipinski definition) is 1. The van der Waals surface area contributed by atoms with Gasteiger partial charge in [0.25, 0.3) is 0 Å². The van der Waals surface area contributed by atoms with E-state index in [1.54, 1.807) is 0 Å². The van der Waals surface area contributed by atoms with Crippen molar-refractivity contribution in [1.82, 2.24) is 9.55 Å². The lowest BCUT2D eigenvalue weighted by Crippen LogP contribution is -1.98. The molecule has 0 saturated carbocycles. The van der Waals surface area contributed by atoms with Gasteiger partial charge in [-0.25, -0.2) is 4.98 Å². The van der Waals surface area contributed by atoms with E-state index in [1.165, 1.54) is 43.4 Å². The summed E-state index contributed by atoms with van der Waals surface area (Å²) in [6.07, 6.45) is 0. The maximum Gasteiger partial charge on any atom is 0.0730 e. The number of hydrogen-bond donors (Lipinski definition) is 0. The lowest BCUT2D eigenvalue weighted by atomic mass is 10.0. The molecule has 0 fully saturated rings. The number of fused-ring (bicyclic) bond motifs is 6. The predicted molar refractivity (Wildman–Crippen MR) is 164 cm³/mol. The molecule has 39 heavy (non-hydrogen) atoms. The van der Waals surface area contributed by atoms with E-state index >= 15 is 0 Å². The Balaban J connectivity index is 1.53. The Morgan fingerprint density at radius 2 is 0.974 bits per heavy atom. The monoisotopic (exact) mass is 496 g/mol. The molecule has 8 aromatic rings. The Labute approximate surface area is 226 Å². The Morgan fingerprint density at radius 1 is 0.410 bits per heavy atom. The molecule has 0 saturated heterocycles. The Morgan fingerprint density at radius 3 is 1.64 bits per heavy atom. The van der Waals surface area contributed by atoms with E-state index in [2.05, 4.69) is 150 Å². The first kappa shape index (κ1) is 21.8. The van der Waals surface area contributed by atoms with Gasteiger partial charge < -0.3 is 4.57 Å². The van der Waals surface area contributed by atoms with Crippen molar-refractivity contribution in [3.8, 4) is 28.2 Å². The molecular formula is C37H24N2. The quantitative estimate of drug-likeness (QED) is 0.238. The largest absolute Gasteiger partial charge is 0.309 e. The minimum Gasteiger partial charge on any atom is -0.309 e. The molecule has 0 atom stereocenters. The van der Waals surface area contributed by atoms with Crippen LogP contribution in [0.3, 0.4) is 0 Å². The van der Waals surface area contributed by atoms with Gasteiger partial charge in [0.15, 0.2) is 0 Å². The van der Waals surface area contributed by atoms with Crippen molar-refractivity contribution in [1.29, 1.82) is 0 Å². The van der Waals surface area contributed by atoms with E-state index in [1.807, 2.05) is 0 Å². The SMILES string of the molecule is c1ccc(-c2cc(-n3c4cc5ccccc5cc4c4c5ccccc5ccc43)cc(-c3ccccc3)n2)cc1. The molecule has 2 heteroatoms. The summed E-state index contributed by atoms with van der Waals surface area (Å²) in [6.45, 7) is 0. The van der Waals surface area contributed by atoms with Gasteiger partial charge in [0.2, 0.25) is 0 Å². The van der Waals surface area contributed by atoms with Crippen LogP contribution in [0.15, 0.2) is 146 Å². The van der Waals surface area contributed by atoms with Crippen LogP contribution in [0.4, 0.5) is 0 Å². The molecule has 8 rings (SSSR count).